The maximum absolute atomic E-state index is 12.2. The van der Waals surface area contributed by atoms with Crippen molar-refractivity contribution in [1.82, 2.24) is 4.90 Å². The van der Waals surface area contributed by atoms with Gasteiger partial charge in [-0.2, -0.15) is 0 Å². The molecule has 2 N–H and O–H groups in total. The van der Waals surface area contributed by atoms with Gasteiger partial charge in [-0.1, -0.05) is 42.7 Å². The van der Waals surface area contributed by atoms with Gasteiger partial charge in [0, 0.05) is 25.6 Å². The summed E-state index contributed by atoms with van der Waals surface area (Å²) >= 11 is 0. The monoisotopic (exact) mass is 260 g/mol. The fraction of sp³-hybridized carbons (Fsp3) is 0.562. The second kappa shape index (κ2) is 5.74. The molecule has 0 heterocycles. The molecule has 3 heteroatoms. The second-order valence-corrected chi connectivity index (χ2v) is 5.99. The predicted octanol–water partition coefficient (Wildman–Crippen LogP) is 2.62. The van der Waals surface area contributed by atoms with Crippen LogP contribution in [0, 0.1) is 6.92 Å². The van der Waals surface area contributed by atoms with Crippen molar-refractivity contribution in [1.29, 1.82) is 0 Å². The minimum Gasteiger partial charge on any atom is -0.341 e. The van der Waals surface area contributed by atoms with Crippen LogP contribution in [0.15, 0.2) is 24.3 Å². The highest BCUT2D eigenvalue weighted by Gasteiger charge is 2.32. The molecule has 1 amide bonds. The maximum Gasteiger partial charge on any atom is 0.224 e. The highest BCUT2D eigenvalue weighted by atomic mass is 16.2. The summed E-state index contributed by atoms with van der Waals surface area (Å²) in [6, 6.07) is 8.28. The van der Waals surface area contributed by atoms with Crippen molar-refractivity contribution in [3.8, 4) is 0 Å². The number of nitrogens with two attached hydrogens (primary N) is 1. The van der Waals surface area contributed by atoms with E-state index in [-0.39, 0.29) is 11.4 Å². The number of amides is 1. The quantitative estimate of drug-likeness (QED) is 0.904. The second-order valence-electron chi connectivity index (χ2n) is 5.99. The van der Waals surface area contributed by atoms with Gasteiger partial charge in [0.05, 0.1) is 0 Å². The van der Waals surface area contributed by atoms with Crippen LogP contribution in [0.5, 0.6) is 0 Å². The first kappa shape index (κ1) is 14.1. The lowest BCUT2D eigenvalue weighted by Crippen LogP contribution is -2.42. The molecule has 0 spiro atoms. The number of nitrogens with zero attached hydrogens (tertiary/aromatic N) is 1. The molecule has 1 aromatic carbocycles. The number of benzene rings is 1. The molecule has 0 bridgehead atoms. The van der Waals surface area contributed by atoms with Crippen molar-refractivity contribution in [3.05, 3.63) is 35.4 Å². The topological polar surface area (TPSA) is 46.3 Å². The molecular weight excluding hydrogens is 236 g/mol. The van der Waals surface area contributed by atoms with E-state index in [4.69, 9.17) is 5.73 Å². The zero-order chi connectivity index (χ0) is 13.9. The normalized spacial score (nSPS) is 17.4. The summed E-state index contributed by atoms with van der Waals surface area (Å²) in [4.78, 5) is 14.0. The number of hydrogen-bond acceptors (Lipinski definition) is 2. The molecule has 1 saturated carbocycles. The number of hydrogen-bond donors (Lipinski definition) is 1. The third-order valence-corrected chi connectivity index (χ3v) is 4.03. The molecule has 0 aromatic heterocycles. The summed E-state index contributed by atoms with van der Waals surface area (Å²) < 4.78 is 0. The van der Waals surface area contributed by atoms with Crippen LogP contribution in [0.2, 0.25) is 0 Å². The lowest BCUT2D eigenvalue weighted by molar-refractivity contribution is -0.131. The number of aryl methyl sites for hydroxylation is 1. The Labute approximate surface area is 115 Å². The highest BCUT2D eigenvalue weighted by Crippen LogP contribution is 2.30. The first-order valence-electron chi connectivity index (χ1n) is 7.07. The third-order valence-electron chi connectivity index (χ3n) is 4.03. The summed E-state index contributed by atoms with van der Waals surface area (Å²) in [6.45, 7) is 2.73. The van der Waals surface area contributed by atoms with E-state index in [0.29, 0.717) is 13.0 Å². The van der Waals surface area contributed by atoms with Gasteiger partial charge in [-0.25, -0.2) is 0 Å². The van der Waals surface area contributed by atoms with Gasteiger partial charge >= 0.3 is 0 Å². The van der Waals surface area contributed by atoms with Gasteiger partial charge in [-0.3, -0.25) is 4.79 Å². The van der Waals surface area contributed by atoms with Gasteiger partial charge in [-0.05, 0) is 25.3 Å². The molecule has 1 aliphatic carbocycles. The number of rotatable bonds is 4. The van der Waals surface area contributed by atoms with E-state index in [1.54, 1.807) is 4.90 Å². The zero-order valence-electron chi connectivity index (χ0n) is 12.0. The minimum absolute atomic E-state index is 0.158. The van der Waals surface area contributed by atoms with Crippen LogP contribution in [0.3, 0.4) is 0 Å². The van der Waals surface area contributed by atoms with Crippen LogP contribution in [0.25, 0.3) is 0 Å². The van der Waals surface area contributed by atoms with Crippen LogP contribution >= 0.6 is 0 Å². The molecule has 0 saturated heterocycles. The molecule has 1 aliphatic rings. The zero-order valence-corrected chi connectivity index (χ0v) is 12.0. The lowest BCUT2D eigenvalue weighted by Gasteiger charge is -2.26. The van der Waals surface area contributed by atoms with Gasteiger partial charge in [0.2, 0.25) is 5.91 Å². The van der Waals surface area contributed by atoms with E-state index >= 15 is 0 Å². The Morgan fingerprint density at radius 2 is 2.05 bits per heavy atom. The van der Waals surface area contributed by atoms with Crippen molar-refractivity contribution < 1.29 is 4.79 Å². The largest absolute Gasteiger partial charge is 0.341 e. The van der Waals surface area contributed by atoms with E-state index < -0.39 is 0 Å². The summed E-state index contributed by atoms with van der Waals surface area (Å²) in [6.07, 6.45) is 4.76. The highest BCUT2D eigenvalue weighted by molar-refractivity contribution is 5.77. The summed E-state index contributed by atoms with van der Waals surface area (Å²) in [5, 5.41) is 0. The molecule has 1 aromatic rings. The van der Waals surface area contributed by atoms with E-state index in [0.717, 1.165) is 25.7 Å². The van der Waals surface area contributed by atoms with Crippen molar-refractivity contribution >= 4 is 5.91 Å². The summed E-state index contributed by atoms with van der Waals surface area (Å²) in [5.41, 5.74) is 8.42. The van der Waals surface area contributed by atoms with Gasteiger partial charge < -0.3 is 10.6 Å². The van der Waals surface area contributed by atoms with E-state index in [9.17, 15) is 4.79 Å². The van der Waals surface area contributed by atoms with Crippen LogP contribution < -0.4 is 5.73 Å². The summed E-state index contributed by atoms with van der Waals surface area (Å²) in [7, 11) is 1.86. The molecule has 0 unspecified atom stereocenters. The van der Waals surface area contributed by atoms with Crippen molar-refractivity contribution in [3.63, 3.8) is 0 Å². The maximum atomic E-state index is 12.2. The van der Waals surface area contributed by atoms with Crippen LogP contribution in [-0.2, 0) is 11.3 Å². The molecule has 0 radical (unpaired) electrons. The van der Waals surface area contributed by atoms with E-state index in [1.165, 1.54) is 11.1 Å². The molecule has 19 heavy (non-hydrogen) atoms. The fourth-order valence-corrected chi connectivity index (χ4v) is 2.86. The summed E-state index contributed by atoms with van der Waals surface area (Å²) in [5.74, 6) is 0.158. The van der Waals surface area contributed by atoms with Gasteiger partial charge in [-0.15, -0.1) is 0 Å². The molecule has 1 fully saturated rings. The molecule has 2 rings (SSSR count). The van der Waals surface area contributed by atoms with Gasteiger partial charge in [0.25, 0.3) is 0 Å². The molecular formula is C16H24N2O. The molecule has 0 aliphatic heterocycles. The Kier molecular flexibility index (Phi) is 4.25. The van der Waals surface area contributed by atoms with Gasteiger partial charge in [0.1, 0.15) is 0 Å². The molecule has 3 nitrogen and oxygen atoms in total. The smallest absolute Gasteiger partial charge is 0.224 e. The van der Waals surface area contributed by atoms with Crippen LogP contribution in [0.1, 0.15) is 43.2 Å². The van der Waals surface area contributed by atoms with Crippen LogP contribution in [-0.4, -0.2) is 23.4 Å². The Balaban J connectivity index is 1.92. The third kappa shape index (κ3) is 3.80. The SMILES string of the molecule is Cc1cccc(CN(C)C(=O)CC2(N)CCCC2)c1. The average Bonchev–Trinajstić information content (AvgIpc) is 2.75. The first-order valence-corrected chi connectivity index (χ1v) is 7.07. The van der Waals surface area contributed by atoms with E-state index in [2.05, 4.69) is 25.1 Å². The molecule has 104 valence electrons. The Bertz CT molecular complexity index is 450. The Hall–Kier alpha value is -1.35. The number of carbonyl (C=O) groups excluding carboxylic acids is 1. The average molecular weight is 260 g/mol. The van der Waals surface area contributed by atoms with Crippen molar-refractivity contribution in [2.75, 3.05) is 7.05 Å². The standard InChI is InChI=1S/C16H24N2O/c1-13-6-5-7-14(10-13)12-18(2)15(19)11-16(17)8-3-4-9-16/h5-7,10H,3-4,8-9,11-12,17H2,1-2H3. The molecule has 0 atom stereocenters. The fourth-order valence-electron chi connectivity index (χ4n) is 2.86. The van der Waals surface area contributed by atoms with Crippen LogP contribution in [0.4, 0.5) is 0 Å². The number of carbonyl (C=O) groups is 1. The first-order chi connectivity index (χ1) is 8.98. The predicted molar refractivity (Wildman–Crippen MR) is 77.7 cm³/mol. The van der Waals surface area contributed by atoms with Gasteiger partial charge in [0.15, 0.2) is 0 Å². The van der Waals surface area contributed by atoms with Crippen molar-refractivity contribution in [2.45, 2.75) is 51.1 Å². The Morgan fingerprint density at radius 1 is 1.37 bits per heavy atom. The Morgan fingerprint density at radius 3 is 2.68 bits per heavy atom. The lowest BCUT2D eigenvalue weighted by atomic mass is 9.94. The van der Waals surface area contributed by atoms with Crippen molar-refractivity contribution in [2.24, 2.45) is 5.73 Å². The van der Waals surface area contributed by atoms with E-state index in [1.807, 2.05) is 13.1 Å². The minimum atomic E-state index is -0.252.